The van der Waals surface area contributed by atoms with Crippen LogP contribution >= 0.6 is 0 Å². The van der Waals surface area contributed by atoms with Gasteiger partial charge in [-0.1, -0.05) is 25.8 Å². The largest absolute Gasteiger partial charge is 0.454 e. The van der Waals surface area contributed by atoms with Crippen molar-refractivity contribution in [1.29, 1.82) is 0 Å². The predicted octanol–water partition coefficient (Wildman–Crippen LogP) is 1.96. The zero-order valence-corrected chi connectivity index (χ0v) is 16.8. The fraction of sp³-hybridized carbons (Fsp3) is 0.571. The number of benzene rings is 1. The van der Waals surface area contributed by atoms with Gasteiger partial charge in [-0.05, 0) is 43.4 Å². The molecule has 29 heavy (non-hydrogen) atoms. The van der Waals surface area contributed by atoms with E-state index in [0.717, 1.165) is 29.7 Å². The number of carbonyl (C=O) groups excluding carboxylic acids is 3. The van der Waals surface area contributed by atoms with Gasteiger partial charge in [-0.2, -0.15) is 0 Å². The molecule has 0 bridgehead atoms. The first-order chi connectivity index (χ1) is 13.9. The fourth-order valence-corrected chi connectivity index (χ4v) is 4.40. The number of amides is 4. The monoisotopic (exact) mass is 401 g/mol. The van der Waals surface area contributed by atoms with Crippen LogP contribution in [0.2, 0.25) is 0 Å². The van der Waals surface area contributed by atoms with Gasteiger partial charge in [-0.3, -0.25) is 14.5 Å². The summed E-state index contributed by atoms with van der Waals surface area (Å²) >= 11 is 0. The summed E-state index contributed by atoms with van der Waals surface area (Å²) in [5.41, 5.74) is -0.267. The number of rotatable bonds is 5. The lowest BCUT2D eigenvalue weighted by molar-refractivity contribution is -0.134. The van der Waals surface area contributed by atoms with E-state index in [-0.39, 0.29) is 25.3 Å². The molecule has 8 nitrogen and oxygen atoms in total. The van der Waals surface area contributed by atoms with Crippen molar-refractivity contribution in [2.24, 2.45) is 5.92 Å². The van der Waals surface area contributed by atoms with Crippen LogP contribution in [-0.4, -0.2) is 47.7 Å². The Balaban J connectivity index is 1.40. The summed E-state index contributed by atoms with van der Waals surface area (Å²) in [5.74, 6) is 1.01. The fourth-order valence-electron chi connectivity index (χ4n) is 4.40. The molecule has 4 rings (SSSR count). The van der Waals surface area contributed by atoms with E-state index < -0.39 is 17.5 Å². The first kappa shape index (κ1) is 19.5. The third kappa shape index (κ3) is 3.88. The SMILES string of the molecule is C[C@@H]1CCCC[C@H]1NC(=O)CN1C(=O)N[C@](C)(Cc2ccc3c(c2)OCO3)C1=O. The molecule has 1 saturated heterocycles. The molecule has 0 unspecified atom stereocenters. The molecule has 156 valence electrons. The Labute approximate surface area is 169 Å². The second-order valence-corrected chi connectivity index (χ2v) is 8.45. The van der Waals surface area contributed by atoms with E-state index in [1.165, 1.54) is 6.42 Å². The lowest BCUT2D eigenvalue weighted by atomic mass is 9.86. The standard InChI is InChI=1S/C21H27N3O5/c1-13-5-3-4-6-15(13)22-18(25)11-24-19(26)21(2,23-20(24)27)10-14-7-8-16-17(9-14)29-12-28-16/h7-9,13,15H,3-6,10-12H2,1-2H3,(H,22,25)(H,23,27)/t13-,15-,21-/m1/s1. The molecule has 2 fully saturated rings. The Morgan fingerprint density at radius 3 is 2.79 bits per heavy atom. The highest BCUT2D eigenvalue weighted by Crippen LogP contribution is 2.34. The van der Waals surface area contributed by atoms with Crippen LogP contribution < -0.4 is 20.1 Å². The van der Waals surface area contributed by atoms with Gasteiger partial charge >= 0.3 is 6.03 Å². The van der Waals surface area contributed by atoms with Crippen molar-refractivity contribution in [2.45, 2.75) is 57.5 Å². The lowest BCUT2D eigenvalue weighted by Gasteiger charge is -2.30. The van der Waals surface area contributed by atoms with Gasteiger partial charge in [0, 0.05) is 12.5 Å². The highest BCUT2D eigenvalue weighted by atomic mass is 16.7. The van der Waals surface area contributed by atoms with Gasteiger partial charge in [-0.15, -0.1) is 0 Å². The number of imide groups is 1. The summed E-state index contributed by atoms with van der Waals surface area (Å²) in [4.78, 5) is 38.9. The Bertz CT molecular complexity index is 842. The molecule has 1 aromatic rings. The summed E-state index contributed by atoms with van der Waals surface area (Å²) in [6.07, 6.45) is 4.59. The number of nitrogens with one attached hydrogen (secondary N) is 2. The number of nitrogens with zero attached hydrogens (tertiary/aromatic N) is 1. The minimum Gasteiger partial charge on any atom is -0.454 e. The van der Waals surface area contributed by atoms with E-state index in [2.05, 4.69) is 17.6 Å². The van der Waals surface area contributed by atoms with Crippen molar-refractivity contribution in [2.75, 3.05) is 13.3 Å². The number of carbonyl (C=O) groups is 3. The minimum atomic E-state index is -1.11. The van der Waals surface area contributed by atoms with E-state index in [4.69, 9.17) is 9.47 Å². The molecule has 4 amide bonds. The van der Waals surface area contributed by atoms with Gasteiger partial charge in [0.25, 0.3) is 5.91 Å². The third-order valence-electron chi connectivity index (χ3n) is 6.10. The maximum absolute atomic E-state index is 13.0. The number of urea groups is 1. The van der Waals surface area contributed by atoms with Crippen LogP contribution in [0, 0.1) is 5.92 Å². The molecule has 0 radical (unpaired) electrons. The van der Waals surface area contributed by atoms with Crippen LogP contribution in [0.1, 0.15) is 45.1 Å². The van der Waals surface area contributed by atoms with Crippen LogP contribution in [0.15, 0.2) is 18.2 Å². The maximum atomic E-state index is 13.0. The number of ether oxygens (including phenoxy) is 2. The van der Waals surface area contributed by atoms with E-state index in [1.54, 1.807) is 13.0 Å². The minimum absolute atomic E-state index is 0.108. The van der Waals surface area contributed by atoms with Gasteiger partial charge in [0.1, 0.15) is 12.1 Å². The molecular weight excluding hydrogens is 374 g/mol. The van der Waals surface area contributed by atoms with Gasteiger partial charge in [0.15, 0.2) is 11.5 Å². The summed E-state index contributed by atoms with van der Waals surface area (Å²) in [6, 6.07) is 5.02. The summed E-state index contributed by atoms with van der Waals surface area (Å²) in [5, 5.41) is 5.75. The second kappa shape index (κ2) is 7.57. The molecule has 2 heterocycles. The Morgan fingerprint density at radius 2 is 2.00 bits per heavy atom. The second-order valence-electron chi connectivity index (χ2n) is 8.45. The summed E-state index contributed by atoms with van der Waals surface area (Å²) in [6.45, 7) is 3.72. The van der Waals surface area contributed by atoms with E-state index >= 15 is 0 Å². The van der Waals surface area contributed by atoms with Crippen LogP contribution in [0.5, 0.6) is 11.5 Å². The molecular formula is C21H27N3O5. The van der Waals surface area contributed by atoms with Crippen molar-refractivity contribution in [3.63, 3.8) is 0 Å². The lowest BCUT2D eigenvalue weighted by Crippen LogP contribution is -2.48. The van der Waals surface area contributed by atoms with E-state index in [9.17, 15) is 14.4 Å². The van der Waals surface area contributed by atoms with Gasteiger partial charge in [0.2, 0.25) is 12.7 Å². The Morgan fingerprint density at radius 1 is 1.24 bits per heavy atom. The Kier molecular flexibility index (Phi) is 5.10. The maximum Gasteiger partial charge on any atom is 0.325 e. The molecule has 3 aliphatic rings. The van der Waals surface area contributed by atoms with Crippen molar-refractivity contribution in [1.82, 2.24) is 15.5 Å². The van der Waals surface area contributed by atoms with E-state index in [1.807, 2.05) is 12.1 Å². The zero-order chi connectivity index (χ0) is 20.6. The third-order valence-corrected chi connectivity index (χ3v) is 6.10. The molecule has 1 aromatic carbocycles. The Hall–Kier alpha value is -2.77. The molecule has 0 aromatic heterocycles. The molecule has 2 N–H and O–H groups in total. The topological polar surface area (TPSA) is 97.0 Å². The van der Waals surface area contributed by atoms with Crippen LogP contribution in [-0.2, 0) is 16.0 Å². The number of hydrogen-bond acceptors (Lipinski definition) is 5. The molecule has 1 aliphatic carbocycles. The summed E-state index contributed by atoms with van der Waals surface area (Å²) < 4.78 is 10.7. The summed E-state index contributed by atoms with van der Waals surface area (Å²) in [7, 11) is 0. The van der Waals surface area contributed by atoms with Crippen LogP contribution in [0.25, 0.3) is 0 Å². The van der Waals surface area contributed by atoms with Crippen molar-refractivity contribution >= 4 is 17.8 Å². The number of hydrogen-bond donors (Lipinski definition) is 2. The quantitative estimate of drug-likeness (QED) is 0.736. The van der Waals surface area contributed by atoms with Crippen molar-refractivity contribution in [3.8, 4) is 11.5 Å². The van der Waals surface area contributed by atoms with Gasteiger partial charge < -0.3 is 20.1 Å². The smallest absolute Gasteiger partial charge is 0.325 e. The van der Waals surface area contributed by atoms with Gasteiger partial charge in [0.05, 0.1) is 0 Å². The molecule has 0 spiro atoms. The molecule has 8 heteroatoms. The average Bonchev–Trinajstić information content (AvgIpc) is 3.22. The number of fused-ring (bicyclic) bond motifs is 1. The van der Waals surface area contributed by atoms with Crippen molar-refractivity contribution < 1.29 is 23.9 Å². The van der Waals surface area contributed by atoms with Crippen molar-refractivity contribution in [3.05, 3.63) is 23.8 Å². The highest BCUT2D eigenvalue weighted by Gasteiger charge is 2.48. The zero-order valence-electron chi connectivity index (χ0n) is 16.8. The first-order valence-electron chi connectivity index (χ1n) is 10.2. The predicted molar refractivity (Wildman–Crippen MR) is 104 cm³/mol. The first-order valence-corrected chi connectivity index (χ1v) is 10.2. The molecule has 2 aliphatic heterocycles. The van der Waals surface area contributed by atoms with Crippen LogP contribution in [0.3, 0.4) is 0 Å². The molecule has 3 atom stereocenters. The normalized spacial score (nSPS) is 28.4. The van der Waals surface area contributed by atoms with Gasteiger partial charge in [-0.25, -0.2) is 4.79 Å². The molecule has 1 saturated carbocycles. The van der Waals surface area contributed by atoms with E-state index in [0.29, 0.717) is 23.8 Å². The highest BCUT2D eigenvalue weighted by molar-refractivity contribution is 6.09. The van der Waals surface area contributed by atoms with Crippen LogP contribution in [0.4, 0.5) is 4.79 Å². The average molecular weight is 401 g/mol.